The molecule has 2 rings (SSSR count). The molecule has 4 heteroatoms. The standard InChI is InChI=1S/C19H24N2O2/c1-23-18-9-5-8-17(14-18)10-12-20-15-19(22)21-13-11-16-6-3-2-4-7-16/h2-9,14,20H,10-13,15H2,1H3,(H,21,22). The van der Waals surface area contributed by atoms with Gasteiger partial charge in [0.05, 0.1) is 13.7 Å². The molecular weight excluding hydrogens is 288 g/mol. The summed E-state index contributed by atoms with van der Waals surface area (Å²) < 4.78 is 5.20. The molecule has 0 unspecified atom stereocenters. The first kappa shape index (κ1) is 17.0. The van der Waals surface area contributed by atoms with E-state index in [4.69, 9.17) is 4.74 Å². The molecule has 2 aromatic rings. The van der Waals surface area contributed by atoms with Crippen LogP contribution < -0.4 is 15.4 Å². The maximum Gasteiger partial charge on any atom is 0.233 e. The van der Waals surface area contributed by atoms with Crippen LogP contribution in [0.25, 0.3) is 0 Å². The average molecular weight is 312 g/mol. The molecule has 0 saturated carbocycles. The summed E-state index contributed by atoms with van der Waals surface area (Å²) in [5, 5.41) is 6.09. The van der Waals surface area contributed by atoms with Gasteiger partial charge in [-0.15, -0.1) is 0 Å². The van der Waals surface area contributed by atoms with E-state index in [1.165, 1.54) is 11.1 Å². The summed E-state index contributed by atoms with van der Waals surface area (Å²) in [6, 6.07) is 18.1. The number of benzene rings is 2. The lowest BCUT2D eigenvalue weighted by Crippen LogP contribution is -2.35. The molecule has 0 aliphatic carbocycles. The molecule has 2 N–H and O–H groups in total. The second kappa shape index (κ2) is 9.64. The lowest BCUT2D eigenvalue weighted by molar-refractivity contribution is -0.120. The van der Waals surface area contributed by atoms with Crippen molar-refractivity contribution < 1.29 is 9.53 Å². The number of methoxy groups -OCH3 is 1. The van der Waals surface area contributed by atoms with Crippen LogP contribution in [0.2, 0.25) is 0 Å². The van der Waals surface area contributed by atoms with Crippen molar-refractivity contribution in [3.63, 3.8) is 0 Å². The highest BCUT2D eigenvalue weighted by Gasteiger charge is 2.01. The summed E-state index contributed by atoms with van der Waals surface area (Å²) in [6.45, 7) is 1.78. The van der Waals surface area contributed by atoms with Gasteiger partial charge in [-0.25, -0.2) is 0 Å². The van der Waals surface area contributed by atoms with Gasteiger partial charge in [0.1, 0.15) is 5.75 Å². The predicted molar refractivity (Wildman–Crippen MR) is 92.7 cm³/mol. The summed E-state index contributed by atoms with van der Waals surface area (Å²) in [5.41, 5.74) is 2.43. The van der Waals surface area contributed by atoms with E-state index in [9.17, 15) is 4.79 Å². The molecule has 0 radical (unpaired) electrons. The SMILES string of the molecule is COc1cccc(CCNCC(=O)NCCc2ccccc2)c1. The zero-order valence-electron chi connectivity index (χ0n) is 13.5. The molecule has 0 aliphatic rings. The number of rotatable bonds is 9. The first-order chi connectivity index (χ1) is 11.3. The molecule has 0 aromatic heterocycles. The van der Waals surface area contributed by atoms with Gasteiger partial charge in [-0.1, -0.05) is 42.5 Å². The fourth-order valence-electron chi connectivity index (χ4n) is 2.32. The van der Waals surface area contributed by atoms with Crippen LogP contribution in [0, 0.1) is 0 Å². The third-order valence-corrected chi connectivity index (χ3v) is 3.59. The minimum atomic E-state index is 0.0339. The number of hydrogen-bond acceptors (Lipinski definition) is 3. The van der Waals surface area contributed by atoms with Crippen molar-refractivity contribution in [1.82, 2.24) is 10.6 Å². The number of ether oxygens (including phenoxy) is 1. The summed E-state index contributed by atoms with van der Waals surface area (Å²) in [5.74, 6) is 0.896. The second-order valence-corrected chi connectivity index (χ2v) is 5.36. The topological polar surface area (TPSA) is 50.4 Å². The van der Waals surface area contributed by atoms with E-state index in [-0.39, 0.29) is 5.91 Å². The normalized spacial score (nSPS) is 10.3. The van der Waals surface area contributed by atoms with Crippen LogP contribution in [-0.2, 0) is 17.6 Å². The van der Waals surface area contributed by atoms with Gasteiger partial charge in [0.25, 0.3) is 0 Å². The highest BCUT2D eigenvalue weighted by atomic mass is 16.5. The van der Waals surface area contributed by atoms with Gasteiger partial charge in [-0.05, 0) is 42.6 Å². The summed E-state index contributed by atoms with van der Waals surface area (Å²) in [6.07, 6.45) is 1.73. The monoisotopic (exact) mass is 312 g/mol. The van der Waals surface area contributed by atoms with Crippen LogP contribution in [0.5, 0.6) is 5.75 Å². The first-order valence-electron chi connectivity index (χ1n) is 7.92. The summed E-state index contributed by atoms with van der Waals surface area (Å²) >= 11 is 0. The van der Waals surface area contributed by atoms with Gasteiger partial charge in [0.2, 0.25) is 5.91 Å². The highest BCUT2D eigenvalue weighted by Crippen LogP contribution is 2.12. The van der Waals surface area contributed by atoms with Gasteiger partial charge in [-0.3, -0.25) is 4.79 Å². The van der Waals surface area contributed by atoms with E-state index in [1.807, 2.05) is 36.4 Å². The van der Waals surface area contributed by atoms with E-state index < -0.39 is 0 Å². The molecule has 0 saturated heterocycles. The highest BCUT2D eigenvalue weighted by molar-refractivity contribution is 5.77. The molecule has 0 fully saturated rings. The number of amides is 1. The van der Waals surface area contributed by atoms with Crippen molar-refractivity contribution in [2.75, 3.05) is 26.7 Å². The Morgan fingerprint density at radius 3 is 2.48 bits per heavy atom. The number of hydrogen-bond donors (Lipinski definition) is 2. The maximum absolute atomic E-state index is 11.8. The predicted octanol–water partition coefficient (Wildman–Crippen LogP) is 2.19. The van der Waals surface area contributed by atoms with Crippen molar-refractivity contribution >= 4 is 5.91 Å². The molecule has 4 nitrogen and oxygen atoms in total. The van der Waals surface area contributed by atoms with Crippen LogP contribution in [0.1, 0.15) is 11.1 Å². The Morgan fingerprint density at radius 2 is 1.70 bits per heavy atom. The molecule has 0 bridgehead atoms. The Bertz CT molecular complexity index is 599. The van der Waals surface area contributed by atoms with Gasteiger partial charge < -0.3 is 15.4 Å². The van der Waals surface area contributed by atoms with E-state index in [0.717, 1.165) is 25.1 Å². The van der Waals surface area contributed by atoms with E-state index in [2.05, 4.69) is 28.8 Å². The molecule has 0 spiro atoms. The fraction of sp³-hybridized carbons (Fsp3) is 0.316. The lowest BCUT2D eigenvalue weighted by atomic mass is 10.1. The van der Waals surface area contributed by atoms with Crippen LogP contribution in [0.15, 0.2) is 54.6 Å². The molecule has 122 valence electrons. The number of nitrogens with one attached hydrogen (secondary N) is 2. The Morgan fingerprint density at radius 1 is 0.957 bits per heavy atom. The smallest absolute Gasteiger partial charge is 0.233 e. The zero-order valence-corrected chi connectivity index (χ0v) is 13.5. The molecule has 0 atom stereocenters. The van der Waals surface area contributed by atoms with Crippen molar-refractivity contribution in [3.8, 4) is 5.75 Å². The van der Waals surface area contributed by atoms with E-state index in [1.54, 1.807) is 7.11 Å². The van der Waals surface area contributed by atoms with Crippen molar-refractivity contribution in [3.05, 3.63) is 65.7 Å². The Kier molecular flexibility index (Phi) is 7.14. The number of carbonyl (C=O) groups is 1. The first-order valence-corrected chi connectivity index (χ1v) is 7.92. The molecular formula is C19H24N2O2. The van der Waals surface area contributed by atoms with Crippen molar-refractivity contribution in [1.29, 1.82) is 0 Å². The second-order valence-electron chi connectivity index (χ2n) is 5.36. The van der Waals surface area contributed by atoms with Crippen molar-refractivity contribution in [2.45, 2.75) is 12.8 Å². The number of carbonyl (C=O) groups excluding carboxylic acids is 1. The van der Waals surface area contributed by atoms with Gasteiger partial charge >= 0.3 is 0 Å². The van der Waals surface area contributed by atoms with Gasteiger partial charge in [0.15, 0.2) is 0 Å². The zero-order chi connectivity index (χ0) is 16.3. The minimum absolute atomic E-state index is 0.0339. The molecule has 0 heterocycles. The van der Waals surface area contributed by atoms with Gasteiger partial charge in [-0.2, -0.15) is 0 Å². The third kappa shape index (κ3) is 6.53. The van der Waals surface area contributed by atoms with Crippen LogP contribution in [-0.4, -0.2) is 32.7 Å². The summed E-state index contributed by atoms with van der Waals surface area (Å²) in [4.78, 5) is 11.8. The lowest BCUT2D eigenvalue weighted by Gasteiger charge is -2.08. The molecule has 0 aliphatic heterocycles. The Balaban J connectivity index is 1.57. The minimum Gasteiger partial charge on any atom is -0.497 e. The van der Waals surface area contributed by atoms with E-state index >= 15 is 0 Å². The van der Waals surface area contributed by atoms with Crippen LogP contribution in [0.4, 0.5) is 0 Å². The quantitative estimate of drug-likeness (QED) is 0.698. The third-order valence-electron chi connectivity index (χ3n) is 3.59. The largest absolute Gasteiger partial charge is 0.497 e. The van der Waals surface area contributed by atoms with Crippen molar-refractivity contribution in [2.24, 2.45) is 0 Å². The van der Waals surface area contributed by atoms with Gasteiger partial charge in [0, 0.05) is 6.54 Å². The molecule has 2 aromatic carbocycles. The molecule has 1 amide bonds. The maximum atomic E-state index is 11.8. The van der Waals surface area contributed by atoms with E-state index in [0.29, 0.717) is 13.1 Å². The van der Waals surface area contributed by atoms with Crippen LogP contribution >= 0.6 is 0 Å². The average Bonchev–Trinajstić information content (AvgIpc) is 2.60. The fourth-order valence-corrected chi connectivity index (χ4v) is 2.32. The summed E-state index contributed by atoms with van der Waals surface area (Å²) in [7, 11) is 1.66. The van der Waals surface area contributed by atoms with Crippen LogP contribution in [0.3, 0.4) is 0 Å². The molecule has 23 heavy (non-hydrogen) atoms. The Hall–Kier alpha value is -2.33. The Labute approximate surface area is 137 Å².